The van der Waals surface area contributed by atoms with Gasteiger partial charge in [0.05, 0.1) is 21.8 Å². The highest BCUT2D eigenvalue weighted by atomic mass is 16.2. The molecule has 0 saturated heterocycles. The van der Waals surface area contributed by atoms with E-state index in [1.165, 1.54) is 15.6 Å². The van der Waals surface area contributed by atoms with E-state index >= 15 is 9.59 Å². The van der Waals surface area contributed by atoms with Crippen LogP contribution in [0.5, 0.6) is 0 Å². The van der Waals surface area contributed by atoms with Gasteiger partial charge in [0, 0.05) is 0 Å². The Balaban J connectivity index is 0.989. The minimum atomic E-state index is -0.359. The van der Waals surface area contributed by atoms with Gasteiger partial charge in [-0.2, -0.15) is 4.52 Å². The van der Waals surface area contributed by atoms with Crippen molar-refractivity contribution < 1.29 is 0 Å². The van der Waals surface area contributed by atoms with Crippen LogP contribution in [-0.4, -0.2) is 9.03 Å². The summed E-state index contributed by atoms with van der Waals surface area (Å²) in [5.74, 6) is 0. The van der Waals surface area contributed by atoms with Crippen LogP contribution < -0.4 is 11.1 Å². The molecule has 86 heavy (non-hydrogen) atoms. The molecule has 14 aromatic rings. The van der Waals surface area contributed by atoms with Crippen molar-refractivity contribution in [1.29, 1.82) is 0 Å². The number of hydrogen-bond donors (Lipinski definition) is 0. The van der Waals surface area contributed by atoms with Crippen molar-refractivity contribution in [3.63, 3.8) is 0 Å². The van der Waals surface area contributed by atoms with Gasteiger partial charge < -0.3 is 0 Å². The minimum Gasteiger partial charge on any atom is -0.267 e. The number of aromatic nitrogens is 2. The average Bonchev–Trinajstić information content (AvgIpc) is 1.53. The normalized spacial score (nSPS) is 11.9. The summed E-state index contributed by atoms with van der Waals surface area (Å²) in [5, 5.41) is 0.940. The second-order valence-electron chi connectivity index (χ2n) is 24.9. The Morgan fingerprint density at radius 3 is 0.767 bits per heavy atom. The van der Waals surface area contributed by atoms with Gasteiger partial charge in [-0.25, -0.2) is 4.52 Å². The van der Waals surface area contributed by atoms with Gasteiger partial charge in [0.1, 0.15) is 0 Å². The van der Waals surface area contributed by atoms with Crippen LogP contribution in [-0.2, 0) is 10.8 Å². The molecule has 2 heterocycles. The first-order valence-corrected chi connectivity index (χ1v) is 29.7. The van der Waals surface area contributed by atoms with Crippen molar-refractivity contribution >= 4 is 21.8 Å². The third-order valence-electron chi connectivity index (χ3n) is 17.2. The van der Waals surface area contributed by atoms with Gasteiger partial charge >= 0.3 is 0 Å². The largest absolute Gasteiger partial charge is 0.282 e. The zero-order valence-electron chi connectivity index (χ0n) is 49.3. The summed E-state index contributed by atoms with van der Waals surface area (Å²) in [6.45, 7) is 13.6. The standard InChI is InChI=1S/C82H64N2O2/c1-81(2,3)67-49-69(57-33-21-11-22-34-57)77(71(51-67)65-43-61(53-25-13-7-14-26-53)41-62(44-65)54-27-15-8-16-28-54)59-37-39-75-73(47-59)79(85)84-80(86)74-48-60(38-40-76(74)83(75)84)78-70(58-35-23-12-24-36-58)50-68(82(4,5)6)52-72(78)66-45-63(55-29-17-9-18-30-55)42-64(46-66)56-31-19-10-20-32-56/h7-52H,1-6H3. The Labute approximate surface area is 502 Å². The van der Waals surface area contributed by atoms with Gasteiger partial charge in [0.2, 0.25) is 0 Å². The summed E-state index contributed by atoms with van der Waals surface area (Å²) in [6, 6.07) is 98.9. The fraction of sp³-hybridized carbons (Fsp3) is 0.0976. The molecule has 0 aliphatic rings. The Morgan fingerprint density at radius 1 is 0.233 bits per heavy atom. The Morgan fingerprint density at radius 2 is 0.488 bits per heavy atom. The van der Waals surface area contributed by atoms with Crippen molar-refractivity contribution in [2.24, 2.45) is 0 Å². The predicted molar refractivity (Wildman–Crippen MR) is 361 cm³/mol. The van der Waals surface area contributed by atoms with E-state index in [0.717, 1.165) is 111 Å². The molecule has 0 aliphatic heterocycles. The van der Waals surface area contributed by atoms with Crippen molar-refractivity contribution in [2.45, 2.75) is 52.4 Å². The monoisotopic (exact) mass is 1110 g/mol. The fourth-order valence-corrected chi connectivity index (χ4v) is 12.6. The van der Waals surface area contributed by atoms with E-state index in [1.807, 2.05) is 28.8 Å². The summed E-state index contributed by atoms with van der Waals surface area (Å²) in [6.07, 6.45) is 0. The highest BCUT2D eigenvalue weighted by molar-refractivity contribution is 6.02. The molecule has 0 atom stereocenters. The van der Waals surface area contributed by atoms with Gasteiger partial charge in [0.15, 0.2) is 0 Å². The van der Waals surface area contributed by atoms with Gasteiger partial charge in [-0.3, -0.25) is 9.59 Å². The summed E-state index contributed by atoms with van der Waals surface area (Å²) in [5.41, 5.74) is 23.8. The Kier molecular flexibility index (Phi) is 13.3. The van der Waals surface area contributed by atoms with Gasteiger partial charge in [-0.15, -0.1) is 0 Å². The zero-order valence-corrected chi connectivity index (χ0v) is 49.3. The topological polar surface area (TPSA) is 43.0 Å². The Hall–Kier alpha value is -10.4. The highest BCUT2D eigenvalue weighted by Crippen LogP contribution is 2.48. The molecule has 12 aromatic carbocycles. The maximum Gasteiger partial charge on any atom is 0.282 e. The first kappa shape index (κ1) is 53.6. The van der Waals surface area contributed by atoms with Crippen LogP contribution in [0.1, 0.15) is 52.7 Å². The summed E-state index contributed by atoms with van der Waals surface area (Å²) >= 11 is 0. The van der Waals surface area contributed by atoms with Gasteiger partial charge in [-0.05, 0) is 218 Å². The summed E-state index contributed by atoms with van der Waals surface area (Å²) in [7, 11) is 0. The molecule has 0 aliphatic carbocycles. The lowest BCUT2D eigenvalue weighted by molar-refractivity contribution is 0.590. The van der Waals surface area contributed by atoms with Gasteiger partial charge in [-0.1, -0.05) is 236 Å². The van der Waals surface area contributed by atoms with Crippen LogP contribution in [0.25, 0.3) is 133 Å². The molecule has 414 valence electrons. The number of benzene rings is 12. The lowest BCUT2D eigenvalue weighted by Crippen LogP contribution is -2.21. The van der Waals surface area contributed by atoms with Crippen LogP contribution in [0.4, 0.5) is 0 Å². The summed E-state index contributed by atoms with van der Waals surface area (Å²) < 4.78 is 3.18. The maximum atomic E-state index is 15.4. The average molecular weight is 1110 g/mol. The van der Waals surface area contributed by atoms with Crippen molar-refractivity contribution in [3.8, 4) is 111 Å². The van der Waals surface area contributed by atoms with Crippen LogP contribution >= 0.6 is 0 Å². The molecular formula is C82H64N2O2. The smallest absolute Gasteiger partial charge is 0.267 e. The molecule has 4 nitrogen and oxygen atoms in total. The van der Waals surface area contributed by atoms with Crippen molar-refractivity contribution in [1.82, 2.24) is 9.03 Å². The van der Waals surface area contributed by atoms with E-state index in [9.17, 15) is 0 Å². The SMILES string of the molecule is CC(C)(C)c1cc(-c2ccccc2)c(-c2ccc3c(c2)c(=O)n2c(=O)c4cc(-c5c(-c6ccccc6)cc(C(C)(C)C)cc5-c5cc(-c6ccccc6)cc(-c6ccccc6)c5)ccc4n32)c(-c2cc(-c3ccccc3)cc(-c3ccccc3)c2)c1. The van der Waals surface area contributed by atoms with E-state index in [2.05, 4.69) is 296 Å². The second kappa shape index (κ2) is 21.3. The van der Waals surface area contributed by atoms with Crippen molar-refractivity contribution in [2.75, 3.05) is 0 Å². The molecule has 2 aromatic heterocycles. The van der Waals surface area contributed by atoms with E-state index in [-0.39, 0.29) is 21.9 Å². The van der Waals surface area contributed by atoms with E-state index in [0.29, 0.717) is 21.8 Å². The molecule has 0 spiro atoms. The van der Waals surface area contributed by atoms with Crippen LogP contribution in [0.15, 0.2) is 289 Å². The minimum absolute atomic E-state index is 0.199. The first-order valence-electron chi connectivity index (χ1n) is 29.7. The molecule has 0 bridgehead atoms. The summed E-state index contributed by atoms with van der Waals surface area (Å²) in [4.78, 5) is 30.7. The molecule has 0 radical (unpaired) electrons. The third-order valence-corrected chi connectivity index (χ3v) is 17.2. The molecular weight excluding hydrogens is 1040 g/mol. The van der Waals surface area contributed by atoms with E-state index < -0.39 is 0 Å². The predicted octanol–water partition coefficient (Wildman–Crippen LogP) is 20.8. The van der Waals surface area contributed by atoms with Crippen LogP contribution in [0, 0.1) is 0 Å². The van der Waals surface area contributed by atoms with Crippen LogP contribution in [0.3, 0.4) is 0 Å². The molecule has 0 N–H and O–H groups in total. The van der Waals surface area contributed by atoms with Gasteiger partial charge in [0.25, 0.3) is 11.1 Å². The lowest BCUT2D eigenvalue weighted by Gasteiger charge is -2.25. The first-order chi connectivity index (χ1) is 41.7. The zero-order chi connectivity index (χ0) is 58.8. The number of rotatable bonds is 10. The molecule has 0 unspecified atom stereocenters. The quantitative estimate of drug-likeness (QED) is 0.137. The van der Waals surface area contributed by atoms with E-state index in [4.69, 9.17) is 0 Å². The lowest BCUT2D eigenvalue weighted by atomic mass is 9.78. The van der Waals surface area contributed by atoms with Crippen molar-refractivity contribution in [3.05, 3.63) is 311 Å². The van der Waals surface area contributed by atoms with E-state index in [1.54, 1.807) is 0 Å². The molecule has 14 rings (SSSR count). The molecule has 0 fully saturated rings. The molecule has 0 amide bonds. The molecule has 0 saturated carbocycles. The van der Waals surface area contributed by atoms with Crippen LogP contribution in [0.2, 0.25) is 0 Å². The third kappa shape index (κ3) is 9.73. The highest BCUT2D eigenvalue weighted by Gasteiger charge is 2.27. The second-order valence-corrected chi connectivity index (χ2v) is 24.9. The number of nitrogens with zero attached hydrogens (tertiary/aromatic N) is 2. The number of hydrogen-bond acceptors (Lipinski definition) is 2. The Bertz CT molecular complexity index is 4560. The fourth-order valence-electron chi connectivity index (χ4n) is 12.6. The molecule has 4 heteroatoms. The maximum absolute atomic E-state index is 15.4. The number of fused-ring (bicyclic) bond motifs is 5.